The molecule has 0 aromatic rings. The number of thioether (sulfide) groups is 1. The average Bonchev–Trinajstić information content (AvgIpc) is 2.33. The molecule has 18 heavy (non-hydrogen) atoms. The highest BCUT2D eigenvalue weighted by Crippen LogP contribution is 2.13. The van der Waals surface area contributed by atoms with Crippen molar-refractivity contribution in [1.29, 1.82) is 0 Å². The molecule has 1 aliphatic heterocycles. The predicted octanol–water partition coefficient (Wildman–Crippen LogP) is 0.783. The van der Waals surface area contributed by atoms with Crippen molar-refractivity contribution in [3.8, 4) is 0 Å². The Morgan fingerprint density at radius 2 is 2.17 bits per heavy atom. The third-order valence-corrected chi connectivity index (χ3v) is 3.86. The summed E-state index contributed by atoms with van der Waals surface area (Å²) in [6, 6.07) is -0.498. The summed E-state index contributed by atoms with van der Waals surface area (Å²) in [7, 11) is 0. The molecular formula is C12H20N2O3S. The second-order valence-electron chi connectivity index (χ2n) is 4.26. The second-order valence-corrected chi connectivity index (χ2v) is 5.37. The monoisotopic (exact) mass is 272 g/mol. The molecule has 1 heterocycles. The van der Waals surface area contributed by atoms with E-state index in [-0.39, 0.29) is 18.4 Å². The van der Waals surface area contributed by atoms with Gasteiger partial charge in [0.15, 0.2) is 0 Å². The summed E-state index contributed by atoms with van der Waals surface area (Å²) in [4.78, 5) is 36.3. The Balaban J connectivity index is 2.52. The van der Waals surface area contributed by atoms with E-state index < -0.39 is 11.9 Å². The van der Waals surface area contributed by atoms with Crippen molar-refractivity contribution in [1.82, 2.24) is 10.2 Å². The lowest BCUT2D eigenvalue weighted by atomic mass is 10.1. The molecule has 1 atom stereocenters. The molecule has 0 aromatic heterocycles. The minimum absolute atomic E-state index is 0.00256. The number of carbonyl (C=O) groups is 3. The van der Waals surface area contributed by atoms with Gasteiger partial charge in [0.2, 0.25) is 17.7 Å². The molecule has 1 unspecified atom stereocenters. The maximum absolute atomic E-state index is 12.0. The summed E-state index contributed by atoms with van der Waals surface area (Å²) in [5.74, 6) is 0.410. The van der Waals surface area contributed by atoms with Gasteiger partial charge in [-0.05, 0) is 18.6 Å². The van der Waals surface area contributed by atoms with Crippen LogP contribution in [0.1, 0.15) is 33.1 Å². The van der Waals surface area contributed by atoms with E-state index in [0.29, 0.717) is 12.2 Å². The first kappa shape index (κ1) is 15.0. The standard InChI is InChI=1S/C12H20N2O3S/c1-3-5-6-18-8-11(16)14-7-10(15)13-12(17)9(14)4-2/h9H,3-8H2,1-2H3,(H,13,15,17). The van der Waals surface area contributed by atoms with Crippen molar-refractivity contribution >= 4 is 29.5 Å². The molecule has 0 aliphatic carbocycles. The van der Waals surface area contributed by atoms with Gasteiger partial charge in [-0.25, -0.2) is 0 Å². The van der Waals surface area contributed by atoms with Crippen molar-refractivity contribution in [3.05, 3.63) is 0 Å². The molecule has 5 nitrogen and oxygen atoms in total. The van der Waals surface area contributed by atoms with Gasteiger partial charge >= 0.3 is 0 Å². The molecule has 0 spiro atoms. The molecule has 6 heteroatoms. The molecule has 0 bridgehead atoms. The van der Waals surface area contributed by atoms with E-state index in [1.54, 1.807) is 11.8 Å². The zero-order chi connectivity index (χ0) is 13.5. The molecule has 1 rings (SSSR count). The van der Waals surface area contributed by atoms with Gasteiger partial charge in [-0.1, -0.05) is 20.3 Å². The highest BCUT2D eigenvalue weighted by molar-refractivity contribution is 7.99. The van der Waals surface area contributed by atoms with E-state index >= 15 is 0 Å². The number of carbonyl (C=O) groups excluding carboxylic acids is 3. The van der Waals surface area contributed by atoms with Crippen LogP contribution < -0.4 is 5.32 Å². The lowest BCUT2D eigenvalue weighted by Gasteiger charge is -2.33. The molecule has 0 radical (unpaired) electrons. The SMILES string of the molecule is CCCCSCC(=O)N1CC(=O)NC(=O)C1CC. The molecule has 1 aliphatic rings. The first-order valence-electron chi connectivity index (χ1n) is 6.31. The summed E-state index contributed by atoms with van der Waals surface area (Å²) >= 11 is 1.56. The van der Waals surface area contributed by atoms with E-state index in [2.05, 4.69) is 12.2 Å². The topological polar surface area (TPSA) is 66.5 Å². The zero-order valence-corrected chi connectivity index (χ0v) is 11.7. The number of hydrogen-bond acceptors (Lipinski definition) is 4. The van der Waals surface area contributed by atoms with Crippen LogP contribution in [0.5, 0.6) is 0 Å². The molecule has 0 saturated carbocycles. The fourth-order valence-corrected chi connectivity index (χ4v) is 2.80. The quantitative estimate of drug-likeness (QED) is 0.573. The van der Waals surface area contributed by atoms with Gasteiger partial charge in [-0.3, -0.25) is 19.7 Å². The van der Waals surface area contributed by atoms with Gasteiger partial charge < -0.3 is 4.90 Å². The van der Waals surface area contributed by atoms with Gasteiger partial charge in [0.1, 0.15) is 12.6 Å². The average molecular weight is 272 g/mol. The van der Waals surface area contributed by atoms with Crippen molar-refractivity contribution < 1.29 is 14.4 Å². The van der Waals surface area contributed by atoms with Crippen molar-refractivity contribution in [2.24, 2.45) is 0 Å². The van der Waals surface area contributed by atoms with Gasteiger partial charge in [0, 0.05) is 0 Å². The Morgan fingerprint density at radius 3 is 2.78 bits per heavy atom. The van der Waals surface area contributed by atoms with Crippen LogP contribution >= 0.6 is 11.8 Å². The van der Waals surface area contributed by atoms with Crippen molar-refractivity contribution in [2.75, 3.05) is 18.1 Å². The van der Waals surface area contributed by atoms with Crippen LogP contribution in [0.2, 0.25) is 0 Å². The molecular weight excluding hydrogens is 252 g/mol. The molecule has 0 aromatic carbocycles. The number of rotatable bonds is 6. The maximum Gasteiger partial charge on any atom is 0.249 e. The predicted molar refractivity (Wildman–Crippen MR) is 71.2 cm³/mol. The van der Waals surface area contributed by atoms with Crippen LogP contribution in [0.4, 0.5) is 0 Å². The van der Waals surface area contributed by atoms with Gasteiger partial charge in [-0.2, -0.15) is 11.8 Å². The highest BCUT2D eigenvalue weighted by atomic mass is 32.2. The molecule has 1 fully saturated rings. The number of nitrogens with one attached hydrogen (secondary N) is 1. The molecule has 1 saturated heterocycles. The highest BCUT2D eigenvalue weighted by Gasteiger charge is 2.34. The lowest BCUT2D eigenvalue weighted by Crippen LogP contribution is -2.59. The number of piperazine rings is 1. The minimum atomic E-state index is -0.498. The number of imide groups is 1. The van der Waals surface area contributed by atoms with Crippen LogP contribution in [-0.4, -0.2) is 46.7 Å². The second kappa shape index (κ2) is 7.41. The Bertz CT molecular complexity index is 333. The van der Waals surface area contributed by atoms with Crippen LogP contribution in [0.3, 0.4) is 0 Å². The molecule has 102 valence electrons. The van der Waals surface area contributed by atoms with Gasteiger partial charge in [-0.15, -0.1) is 0 Å². The molecule has 3 amide bonds. The third-order valence-electron chi connectivity index (χ3n) is 2.83. The summed E-state index contributed by atoms with van der Waals surface area (Å²) in [6.07, 6.45) is 2.71. The summed E-state index contributed by atoms with van der Waals surface area (Å²) in [5.41, 5.74) is 0. The van der Waals surface area contributed by atoms with E-state index in [4.69, 9.17) is 0 Å². The van der Waals surface area contributed by atoms with E-state index in [9.17, 15) is 14.4 Å². The first-order chi connectivity index (χ1) is 8.60. The number of nitrogens with zero attached hydrogens (tertiary/aromatic N) is 1. The Kier molecular flexibility index (Phi) is 6.18. The summed E-state index contributed by atoms with van der Waals surface area (Å²) in [6.45, 7) is 3.94. The number of hydrogen-bond donors (Lipinski definition) is 1. The third kappa shape index (κ3) is 4.01. The Morgan fingerprint density at radius 1 is 1.44 bits per heavy atom. The Hall–Kier alpha value is -1.04. The fourth-order valence-electron chi connectivity index (χ4n) is 1.82. The van der Waals surface area contributed by atoms with Crippen molar-refractivity contribution in [2.45, 2.75) is 39.2 Å². The largest absolute Gasteiger partial charge is 0.321 e. The van der Waals surface area contributed by atoms with Gasteiger partial charge in [0.05, 0.1) is 5.75 Å². The fraction of sp³-hybridized carbons (Fsp3) is 0.750. The molecule has 1 N–H and O–H groups in total. The van der Waals surface area contributed by atoms with Crippen LogP contribution in [0.15, 0.2) is 0 Å². The summed E-state index contributed by atoms with van der Waals surface area (Å²) in [5, 5.41) is 2.26. The first-order valence-corrected chi connectivity index (χ1v) is 7.46. The van der Waals surface area contributed by atoms with Gasteiger partial charge in [0.25, 0.3) is 0 Å². The number of unbranched alkanes of at least 4 members (excludes halogenated alkanes) is 1. The van der Waals surface area contributed by atoms with E-state index in [0.717, 1.165) is 18.6 Å². The van der Waals surface area contributed by atoms with Crippen LogP contribution in [0.25, 0.3) is 0 Å². The Labute approximate surface area is 112 Å². The smallest absolute Gasteiger partial charge is 0.249 e. The van der Waals surface area contributed by atoms with E-state index in [1.807, 2.05) is 6.92 Å². The zero-order valence-electron chi connectivity index (χ0n) is 10.9. The summed E-state index contributed by atoms with van der Waals surface area (Å²) < 4.78 is 0. The normalized spacial score (nSPS) is 19.9. The number of amides is 3. The van der Waals surface area contributed by atoms with E-state index in [1.165, 1.54) is 4.90 Å². The van der Waals surface area contributed by atoms with Crippen LogP contribution in [0, 0.1) is 0 Å². The lowest BCUT2D eigenvalue weighted by molar-refractivity contribution is -0.148. The minimum Gasteiger partial charge on any atom is -0.321 e. The maximum atomic E-state index is 12.0. The van der Waals surface area contributed by atoms with Crippen LogP contribution in [-0.2, 0) is 14.4 Å². The van der Waals surface area contributed by atoms with Crippen molar-refractivity contribution in [3.63, 3.8) is 0 Å².